The number of hydrogen-bond acceptors (Lipinski definition) is 3. The van der Waals surface area contributed by atoms with E-state index in [1.54, 1.807) is 12.1 Å². The van der Waals surface area contributed by atoms with Crippen molar-refractivity contribution in [1.82, 2.24) is 9.97 Å². The van der Waals surface area contributed by atoms with Crippen LogP contribution in [-0.4, -0.2) is 9.97 Å². The van der Waals surface area contributed by atoms with E-state index in [0.717, 1.165) is 0 Å². The van der Waals surface area contributed by atoms with Crippen LogP contribution in [0.2, 0.25) is 5.15 Å². The number of aromatic nitrogens is 2. The molecule has 2 aromatic rings. The number of rotatable bonds is 1. The average molecular weight is 290 g/mol. The molecule has 102 valence electrons. The van der Waals surface area contributed by atoms with E-state index in [4.69, 9.17) is 16.9 Å². The van der Waals surface area contributed by atoms with E-state index in [0.29, 0.717) is 22.2 Å². The molecule has 0 N–H and O–H groups in total. The molecule has 1 aromatic carbocycles. The Bertz CT molecular complexity index is 699. The number of nitrogens with zero attached hydrogens (tertiary/aromatic N) is 3. The fourth-order valence-corrected chi connectivity index (χ4v) is 1.89. The molecule has 0 spiro atoms. The summed E-state index contributed by atoms with van der Waals surface area (Å²) in [6, 6.07) is 7.56. The van der Waals surface area contributed by atoms with Crippen LogP contribution in [0.1, 0.15) is 32.2 Å². The molecule has 0 bridgehead atoms. The topological polar surface area (TPSA) is 49.6 Å². The third kappa shape index (κ3) is 3.12. The normalized spacial score (nSPS) is 11.2. The number of hydrogen-bond donors (Lipinski definition) is 0. The van der Waals surface area contributed by atoms with Crippen LogP contribution in [-0.2, 0) is 5.41 Å². The van der Waals surface area contributed by atoms with Crippen LogP contribution in [0.5, 0.6) is 0 Å². The Kier molecular flexibility index (Phi) is 3.74. The van der Waals surface area contributed by atoms with E-state index in [2.05, 4.69) is 9.97 Å². The van der Waals surface area contributed by atoms with Crippen molar-refractivity contribution in [2.45, 2.75) is 26.2 Å². The highest BCUT2D eigenvalue weighted by atomic mass is 35.5. The highest BCUT2D eigenvalue weighted by molar-refractivity contribution is 6.29. The first-order chi connectivity index (χ1) is 9.29. The zero-order valence-corrected chi connectivity index (χ0v) is 12.2. The van der Waals surface area contributed by atoms with Gasteiger partial charge in [0, 0.05) is 17.0 Å². The van der Waals surface area contributed by atoms with Gasteiger partial charge in [0.1, 0.15) is 16.8 Å². The molecular weight excluding hydrogens is 277 g/mol. The van der Waals surface area contributed by atoms with Crippen molar-refractivity contribution in [2.75, 3.05) is 0 Å². The lowest BCUT2D eigenvalue weighted by molar-refractivity contribution is 0.546. The van der Waals surface area contributed by atoms with Gasteiger partial charge in [-0.05, 0) is 18.2 Å². The lowest BCUT2D eigenvalue weighted by Gasteiger charge is -2.17. The number of halogens is 2. The fourth-order valence-electron chi connectivity index (χ4n) is 1.70. The number of benzene rings is 1. The van der Waals surface area contributed by atoms with Crippen LogP contribution in [0.25, 0.3) is 11.3 Å². The van der Waals surface area contributed by atoms with Crippen molar-refractivity contribution in [3.05, 3.63) is 46.6 Å². The summed E-state index contributed by atoms with van der Waals surface area (Å²) in [6.45, 7) is 5.90. The van der Waals surface area contributed by atoms with E-state index in [-0.39, 0.29) is 11.0 Å². The summed E-state index contributed by atoms with van der Waals surface area (Å²) in [5, 5.41) is 9.19. The monoisotopic (exact) mass is 289 g/mol. The third-order valence-electron chi connectivity index (χ3n) is 2.69. The van der Waals surface area contributed by atoms with Crippen LogP contribution < -0.4 is 0 Å². The van der Waals surface area contributed by atoms with Gasteiger partial charge in [0.2, 0.25) is 0 Å². The molecule has 0 aliphatic carbocycles. The molecule has 0 aliphatic rings. The molecule has 0 radical (unpaired) electrons. The zero-order valence-electron chi connectivity index (χ0n) is 11.4. The lowest BCUT2D eigenvalue weighted by atomic mass is 9.95. The first-order valence-corrected chi connectivity index (χ1v) is 6.43. The molecule has 0 fully saturated rings. The van der Waals surface area contributed by atoms with Crippen molar-refractivity contribution in [1.29, 1.82) is 5.26 Å². The van der Waals surface area contributed by atoms with Gasteiger partial charge in [0.15, 0.2) is 0 Å². The van der Waals surface area contributed by atoms with Gasteiger partial charge in [-0.1, -0.05) is 32.4 Å². The first-order valence-electron chi connectivity index (χ1n) is 6.06. The molecule has 1 heterocycles. The fraction of sp³-hybridized carbons (Fsp3) is 0.267. The van der Waals surface area contributed by atoms with Crippen molar-refractivity contribution < 1.29 is 4.39 Å². The molecule has 20 heavy (non-hydrogen) atoms. The van der Waals surface area contributed by atoms with Crippen molar-refractivity contribution in [3.8, 4) is 17.3 Å². The second-order valence-corrected chi connectivity index (χ2v) is 5.88. The van der Waals surface area contributed by atoms with Crippen LogP contribution in [0.3, 0.4) is 0 Å². The Hall–Kier alpha value is -1.99. The summed E-state index contributed by atoms with van der Waals surface area (Å²) in [5.41, 5.74) is 0.986. The van der Waals surface area contributed by atoms with E-state index in [9.17, 15) is 4.39 Å². The Morgan fingerprint density at radius 3 is 2.45 bits per heavy atom. The maximum absolute atomic E-state index is 13.5. The van der Waals surface area contributed by atoms with E-state index in [1.165, 1.54) is 12.1 Å². The minimum atomic E-state index is -0.480. The predicted octanol–water partition coefficient (Wildman–Crippen LogP) is 4.11. The summed E-state index contributed by atoms with van der Waals surface area (Å²) >= 11 is 6.01. The van der Waals surface area contributed by atoms with Crippen LogP contribution >= 0.6 is 11.6 Å². The molecular formula is C15H13ClFN3. The van der Waals surface area contributed by atoms with Gasteiger partial charge in [-0.15, -0.1) is 0 Å². The van der Waals surface area contributed by atoms with Gasteiger partial charge in [-0.25, -0.2) is 14.4 Å². The van der Waals surface area contributed by atoms with Gasteiger partial charge < -0.3 is 0 Å². The molecule has 0 amide bonds. The molecule has 0 aliphatic heterocycles. The van der Waals surface area contributed by atoms with Gasteiger partial charge in [0.25, 0.3) is 0 Å². The van der Waals surface area contributed by atoms with E-state index in [1.807, 2.05) is 26.8 Å². The van der Waals surface area contributed by atoms with Gasteiger partial charge >= 0.3 is 0 Å². The molecule has 0 atom stereocenters. The van der Waals surface area contributed by atoms with Crippen molar-refractivity contribution in [2.24, 2.45) is 0 Å². The minimum Gasteiger partial charge on any atom is -0.232 e. The van der Waals surface area contributed by atoms with E-state index < -0.39 is 5.82 Å². The Morgan fingerprint density at radius 2 is 1.85 bits per heavy atom. The van der Waals surface area contributed by atoms with Crippen LogP contribution in [0.4, 0.5) is 4.39 Å². The predicted molar refractivity (Wildman–Crippen MR) is 75.9 cm³/mol. The summed E-state index contributed by atoms with van der Waals surface area (Å²) in [5.74, 6) is 0.0915. The average Bonchev–Trinajstić information content (AvgIpc) is 2.36. The molecule has 2 rings (SSSR count). The molecule has 0 saturated heterocycles. The quantitative estimate of drug-likeness (QED) is 0.743. The molecule has 3 nitrogen and oxygen atoms in total. The van der Waals surface area contributed by atoms with Gasteiger partial charge in [-0.3, -0.25) is 0 Å². The van der Waals surface area contributed by atoms with Gasteiger partial charge in [-0.2, -0.15) is 5.26 Å². The van der Waals surface area contributed by atoms with Crippen molar-refractivity contribution in [3.63, 3.8) is 0 Å². The maximum Gasteiger partial charge on any atom is 0.136 e. The van der Waals surface area contributed by atoms with E-state index >= 15 is 0 Å². The second-order valence-electron chi connectivity index (χ2n) is 5.49. The summed E-state index contributed by atoms with van der Waals surface area (Å²) in [6.07, 6.45) is 0. The highest BCUT2D eigenvalue weighted by Crippen LogP contribution is 2.26. The Balaban J connectivity index is 2.62. The molecule has 5 heteroatoms. The Labute approximate surface area is 122 Å². The summed E-state index contributed by atoms with van der Waals surface area (Å²) < 4.78 is 13.5. The van der Waals surface area contributed by atoms with Crippen LogP contribution in [0.15, 0.2) is 24.3 Å². The van der Waals surface area contributed by atoms with Crippen molar-refractivity contribution >= 4 is 11.6 Å². The van der Waals surface area contributed by atoms with Gasteiger partial charge in [0.05, 0.1) is 17.3 Å². The zero-order chi connectivity index (χ0) is 14.9. The smallest absolute Gasteiger partial charge is 0.136 e. The minimum absolute atomic E-state index is 0.243. The molecule has 0 saturated carbocycles. The Morgan fingerprint density at radius 1 is 1.15 bits per heavy atom. The highest BCUT2D eigenvalue weighted by Gasteiger charge is 2.19. The molecule has 1 aromatic heterocycles. The SMILES string of the molecule is CC(C)(C)c1nc(Cl)cc(-c2cc(F)cc(C#N)c2)n1. The largest absolute Gasteiger partial charge is 0.232 e. The summed E-state index contributed by atoms with van der Waals surface area (Å²) in [7, 11) is 0. The number of nitriles is 1. The maximum atomic E-state index is 13.5. The standard InChI is InChI=1S/C15H13ClFN3/c1-15(2,3)14-19-12(7-13(16)20-14)10-4-9(8-18)5-11(17)6-10/h4-7H,1-3H3. The summed E-state index contributed by atoms with van der Waals surface area (Å²) in [4.78, 5) is 8.61. The first kappa shape index (κ1) is 14.4. The lowest BCUT2D eigenvalue weighted by Crippen LogP contribution is -2.16. The molecule has 0 unspecified atom stereocenters. The second kappa shape index (κ2) is 5.18. The third-order valence-corrected chi connectivity index (χ3v) is 2.88. The van der Waals surface area contributed by atoms with Crippen LogP contribution in [0, 0.1) is 17.1 Å².